The SMILES string of the molecule is CCN(C(=O)Cn1c(C(=O)N[C@H]2CC[C@H](C)CC2)cc2sccc21)c1cccc(CBr)c1. The van der Waals surface area contributed by atoms with Crippen LogP contribution in [0.3, 0.4) is 0 Å². The zero-order valence-corrected chi connectivity index (χ0v) is 21.0. The summed E-state index contributed by atoms with van der Waals surface area (Å²) in [5, 5.41) is 5.97. The van der Waals surface area contributed by atoms with Gasteiger partial charge in [-0.25, -0.2) is 0 Å². The molecular weight excluding hydrogens is 486 g/mol. The summed E-state index contributed by atoms with van der Waals surface area (Å²) in [6, 6.07) is 12.1. The Labute approximate surface area is 201 Å². The number of aromatic nitrogens is 1. The molecular formula is C25H30BrN3O2S. The van der Waals surface area contributed by atoms with Gasteiger partial charge >= 0.3 is 0 Å². The first-order chi connectivity index (χ1) is 15.5. The minimum Gasteiger partial charge on any atom is -0.348 e. The highest BCUT2D eigenvalue weighted by atomic mass is 79.9. The van der Waals surface area contributed by atoms with Gasteiger partial charge in [0.15, 0.2) is 0 Å². The Morgan fingerprint density at radius 2 is 1.97 bits per heavy atom. The summed E-state index contributed by atoms with van der Waals surface area (Å²) in [6.07, 6.45) is 4.35. The van der Waals surface area contributed by atoms with Gasteiger partial charge in [-0.3, -0.25) is 9.59 Å². The third-order valence-electron chi connectivity index (χ3n) is 6.39. The molecule has 0 atom stereocenters. The standard InChI is InChI=1S/C25H30BrN3O2S/c1-3-28(20-6-4-5-18(13-20)15-26)24(30)16-29-21-11-12-32-23(21)14-22(29)25(31)27-19-9-7-17(2)8-10-19/h4-6,11-14,17,19H,3,7-10,15-16H2,1-2H3,(H,27,31)/t17-,19-. The van der Waals surface area contributed by atoms with Crippen molar-refractivity contribution in [2.45, 2.75) is 57.4 Å². The van der Waals surface area contributed by atoms with Gasteiger partial charge in [-0.15, -0.1) is 11.3 Å². The molecule has 1 N–H and O–H groups in total. The summed E-state index contributed by atoms with van der Waals surface area (Å²) < 4.78 is 2.91. The highest BCUT2D eigenvalue weighted by Crippen LogP contribution is 2.28. The minimum absolute atomic E-state index is 0.0246. The maximum atomic E-state index is 13.4. The molecule has 0 radical (unpaired) electrons. The van der Waals surface area contributed by atoms with Crippen LogP contribution in [-0.2, 0) is 16.7 Å². The van der Waals surface area contributed by atoms with Crippen LogP contribution in [0.2, 0.25) is 0 Å². The summed E-state index contributed by atoms with van der Waals surface area (Å²) in [7, 11) is 0. The number of fused-ring (bicyclic) bond motifs is 1. The van der Waals surface area contributed by atoms with Crippen LogP contribution in [0.25, 0.3) is 10.2 Å². The van der Waals surface area contributed by atoms with Crippen molar-refractivity contribution in [3.05, 3.63) is 53.0 Å². The van der Waals surface area contributed by atoms with E-state index in [9.17, 15) is 9.59 Å². The monoisotopic (exact) mass is 515 g/mol. The van der Waals surface area contributed by atoms with E-state index in [-0.39, 0.29) is 24.4 Å². The average Bonchev–Trinajstić information content (AvgIpc) is 3.39. The number of carbonyl (C=O) groups excluding carboxylic acids is 2. The second-order valence-corrected chi connectivity index (χ2v) is 10.2. The van der Waals surface area contributed by atoms with Crippen molar-refractivity contribution in [1.29, 1.82) is 0 Å². The van der Waals surface area contributed by atoms with E-state index in [2.05, 4.69) is 28.2 Å². The normalized spacial score (nSPS) is 18.6. The Morgan fingerprint density at radius 3 is 2.69 bits per heavy atom. The number of alkyl halides is 1. The Bertz CT molecular complexity index is 1100. The molecule has 0 bridgehead atoms. The molecule has 3 aromatic rings. The second kappa shape index (κ2) is 10.2. The number of carbonyl (C=O) groups is 2. The van der Waals surface area contributed by atoms with E-state index in [4.69, 9.17) is 0 Å². The van der Waals surface area contributed by atoms with Gasteiger partial charge in [0.25, 0.3) is 5.91 Å². The van der Waals surface area contributed by atoms with Crippen molar-refractivity contribution in [2.24, 2.45) is 5.92 Å². The van der Waals surface area contributed by atoms with Crippen molar-refractivity contribution in [3.63, 3.8) is 0 Å². The number of anilines is 1. The largest absolute Gasteiger partial charge is 0.348 e. The molecule has 1 aliphatic carbocycles. The van der Waals surface area contributed by atoms with Gasteiger partial charge in [-0.1, -0.05) is 35.0 Å². The molecule has 2 heterocycles. The third kappa shape index (κ3) is 4.94. The Hall–Kier alpha value is -2.12. The van der Waals surface area contributed by atoms with Gasteiger partial charge in [0.1, 0.15) is 12.2 Å². The fourth-order valence-corrected chi connectivity index (χ4v) is 5.70. The lowest BCUT2D eigenvalue weighted by Gasteiger charge is -2.27. The molecule has 5 nitrogen and oxygen atoms in total. The predicted octanol–water partition coefficient (Wildman–Crippen LogP) is 5.96. The number of hydrogen-bond donors (Lipinski definition) is 1. The Morgan fingerprint density at radius 1 is 1.19 bits per heavy atom. The van der Waals surface area contributed by atoms with Crippen molar-refractivity contribution in [3.8, 4) is 0 Å². The smallest absolute Gasteiger partial charge is 0.268 e. The lowest BCUT2D eigenvalue weighted by atomic mass is 9.87. The molecule has 2 amide bonds. The fraction of sp³-hybridized carbons (Fsp3) is 0.440. The molecule has 1 aromatic carbocycles. The van der Waals surface area contributed by atoms with Crippen LogP contribution in [0.1, 0.15) is 55.6 Å². The molecule has 4 rings (SSSR count). The topological polar surface area (TPSA) is 54.3 Å². The van der Waals surface area contributed by atoms with E-state index in [1.807, 2.05) is 53.3 Å². The first kappa shape index (κ1) is 23.1. The number of nitrogens with one attached hydrogen (secondary N) is 1. The number of halogens is 1. The van der Waals surface area contributed by atoms with Crippen molar-refractivity contribution in [2.75, 3.05) is 11.4 Å². The zero-order chi connectivity index (χ0) is 22.7. The Kier molecular flexibility index (Phi) is 7.36. The van der Waals surface area contributed by atoms with Crippen LogP contribution < -0.4 is 10.2 Å². The van der Waals surface area contributed by atoms with Crippen molar-refractivity contribution < 1.29 is 9.59 Å². The summed E-state index contributed by atoms with van der Waals surface area (Å²) in [4.78, 5) is 28.4. The quantitative estimate of drug-likeness (QED) is 0.394. The lowest BCUT2D eigenvalue weighted by molar-refractivity contribution is -0.119. The zero-order valence-electron chi connectivity index (χ0n) is 18.6. The number of thiophene rings is 1. The molecule has 170 valence electrons. The number of rotatable bonds is 7. The molecule has 0 spiro atoms. The fourth-order valence-electron chi connectivity index (χ4n) is 4.53. The molecule has 0 saturated heterocycles. The van der Waals surface area contributed by atoms with E-state index in [0.717, 1.165) is 58.4 Å². The summed E-state index contributed by atoms with van der Waals surface area (Å²) >= 11 is 5.09. The molecule has 1 saturated carbocycles. The molecule has 0 aliphatic heterocycles. The minimum atomic E-state index is -0.0786. The van der Waals surface area contributed by atoms with Crippen LogP contribution in [0.15, 0.2) is 41.8 Å². The second-order valence-electron chi connectivity index (χ2n) is 8.66. The highest BCUT2D eigenvalue weighted by molar-refractivity contribution is 9.08. The first-order valence-corrected chi connectivity index (χ1v) is 13.3. The highest BCUT2D eigenvalue weighted by Gasteiger charge is 2.25. The van der Waals surface area contributed by atoms with E-state index < -0.39 is 0 Å². The molecule has 7 heteroatoms. The van der Waals surface area contributed by atoms with Gasteiger partial charge in [-0.05, 0) is 73.7 Å². The summed E-state index contributed by atoms with van der Waals surface area (Å²) in [5.41, 5.74) is 3.52. The lowest BCUT2D eigenvalue weighted by Crippen LogP contribution is -2.39. The molecule has 32 heavy (non-hydrogen) atoms. The maximum absolute atomic E-state index is 13.4. The Balaban J connectivity index is 1.57. The summed E-state index contributed by atoms with van der Waals surface area (Å²) in [6.45, 7) is 4.96. The summed E-state index contributed by atoms with van der Waals surface area (Å²) in [5.74, 6) is 0.631. The first-order valence-electron chi connectivity index (χ1n) is 11.3. The van der Waals surface area contributed by atoms with Gasteiger partial charge in [-0.2, -0.15) is 0 Å². The van der Waals surface area contributed by atoms with Crippen LogP contribution in [0, 0.1) is 5.92 Å². The number of amides is 2. The van der Waals surface area contributed by atoms with Crippen LogP contribution in [-0.4, -0.2) is 29.0 Å². The predicted molar refractivity (Wildman–Crippen MR) is 136 cm³/mol. The van der Waals surface area contributed by atoms with Gasteiger partial charge in [0, 0.05) is 23.6 Å². The van der Waals surface area contributed by atoms with Crippen molar-refractivity contribution >= 4 is 55.0 Å². The molecule has 1 fully saturated rings. The third-order valence-corrected chi connectivity index (χ3v) is 7.89. The molecule has 0 unspecified atom stereocenters. The van der Waals surface area contributed by atoms with E-state index >= 15 is 0 Å². The number of nitrogens with zero attached hydrogens (tertiary/aromatic N) is 2. The van der Waals surface area contributed by atoms with Crippen molar-refractivity contribution in [1.82, 2.24) is 9.88 Å². The number of likely N-dealkylation sites (N-methyl/N-ethyl adjacent to an activating group) is 1. The van der Waals surface area contributed by atoms with Gasteiger partial charge in [0.05, 0.1) is 10.2 Å². The molecule has 1 aliphatic rings. The van der Waals surface area contributed by atoms with E-state index in [1.54, 1.807) is 16.2 Å². The van der Waals surface area contributed by atoms with Crippen LogP contribution >= 0.6 is 27.3 Å². The molecule has 2 aromatic heterocycles. The van der Waals surface area contributed by atoms with Gasteiger partial charge in [0.2, 0.25) is 5.91 Å². The maximum Gasteiger partial charge on any atom is 0.268 e. The van der Waals surface area contributed by atoms with E-state index in [0.29, 0.717) is 12.2 Å². The number of benzene rings is 1. The van der Waals surface area contributed by atoms with E-state index in [1.165, 1.54) is 0 Å². The van der Waals surface area contributed by atoms with Crippen LogP contribution in [0.5, 0.6) is 0 Å². The van der Waals surface area contributed by atoms with Crippen LogP contribution in [0.4, 0.5) is 5.69 Å². The van der Waals surface area contributed by atoms with Gasteiger partial charge < -0.3 is 14.8 Å². The average molecular weight is 517 g/mol. The number of hydrogen-bond acceptors (Lipinski definition) is 3.